The molecule has 1 aliphatic carbocycles. The molecule has 0 unspecified atom stereocenters. The molecule has 0 bridgehead atoms. The number of hydrogen-bond acceptors (Lipinski definition) is 5. The van der Waals surface area contributed by atoms with Crippen LogP contribution in [-0.4, -0.2) is 30.8 Å². The van der Waals surface area contributed by atoms with E-state index in [1.165, 1.54) is 50.5 Å². The molecular formula is C37H53FO5. The fourth-order valence-corrected chi connectivity index (χ4v) is 5.65. The smallest absolute Gasteiger partial charge is 0.343 e. The van der Waals surface area contributed by atoms with Gasteiger partial charge in [0.25, 0.3) is 0 Å². The molecule has 0 heterocycles. The Hall–Kier alpha value is -2.89. The fourth-order valence-electron chi connectivity index (χ4n) is 5.65. The summed E-state index contributed by atoms with van der Waals surface area (Å²) in [6.45, 7) is 4.92. The van der Waals surface area contributed by atoms with Gasteiger partial charge in [0.2, 0.25) is 0 Å². The molecule has 1 fully saturated rings. The Morgan fingerprint density at radius 3 is 2.02 bits per heavy atom. The predicted molar refractivity (Wildman–Crippen MR) is 171 cm³/mol. The number of hydrogen-bond donors (Lipinski definition) is 0. The topological polar surface area (TPSA) is 61.8 Å². The minimum atomic E-state index is -1.49. The number of halogens is 1. The highest BCUT2D eigenvalue weighted by atomic mass is 19.1. The first-order valence-electron chi connectivity index (χ1n) is 16.9. The number of esters is 2. The van der Waals surface area contributed by atoms with Gasteiger partial charge < -0.3 is 14.2 Å². The summed E-state index contributed by atoms with van der Waals surface area (Å²) < 4.78 is 30.8. The molecule has 0 saturated heterocycles. The maximum absolute atomic E-state index is 13.9. The van der Waals surface area contributed by atoms with Crippen molar-refractivity contribution < 1.29 is 28.2 Å². The quantitative estimate of drug-likeness (QED) is 0.0865. The van der Waals surface area contributed by atoms with Crippen LogP contribution < -0.4 is 9.47 Å². The van der Waals surface area contributed by atoms with Crippen LogP contribution in [0.1, 0.15) is 133 Å². The highest BCUT2D eigenvalue weighted by Gasteiger charge is 2.27. The second kappa shape index (κ2) is 20.1. The van der Waals surface area contributed by atoms with Crippen molar-refractivity contribution in [2.45, 2.75) is 135 Å². The van der Waals surface area contributed by atoms with E-state index in [0.717, 1.165) is 57.1 Å². The number of rotatable bonds is 20. The summed E-state index contributed by atoms with van der Waals surface area (Å²) in [6.07, 6.45) is 15.9. The number of carbonyl (C=O) groups excluding carboxylic acids is 2. The van der Waals surface area contributed by atoms with E-state index in [1.807, 2.05) is 43.3 Å². The van der Waals surface area contributed by atoms with Gasteiger partial charge in [-0.25, -0.2) is 14.0 Å². The minimum Gasteiger partial charge on any atom is -0.494 e. The maximum atomic E-state index is 13.9. The van der Waals surface area contributed by atoms with Crippen LogP contribution in [-0.2, 0) is 16.0 Å². The third-order valence-corrected chi connectivity index (χ3v) is 8.48. The Balaban J connectivity index is 1.29. The van der Waals surface area contributed by atoms with Gasteiger partial charge in [-0.05, 0) is 99.2 Å². The van der Waals surface area contributed by atoms with E-state index in [2.05, 4.69) is 6.92 Å². The molecule has 0 aliphatic heterocycles. The van der Waals surface area contributed by atoms with Crippen molar-refractivity contribution in [2.24, 2.45) is 5.92 Å². The third-order valence-electron chi connectivity index (χ3n) is 8.48. The SMILES string of the molecule is CCCCCCCCCCOc1ccc(C(=O)Oc2ccc(CCC3CCC(OC(=O)[C@@H](F)CCCC)CC3)cc2)cc1. The molecule has 3 rings (SSSR count). The molecule has 5 nitrogen and oxygen atoms in total. The summed E-state index contributed by atoms with van der Waals surface area (Å²) in [5.41, 5.74) is 1.69. The molecule has 1 saturated carbocycles. The first-order valence-corrected chi connectivity index (χ1v) is 16.9. The van der Waals surface area contributed by atoms with Crippen LogP contribution in [0, 0.1) is 5.92 Å². The molecule has 0 spiro atoms. The van der Waals surface area contributed by atoms with Gasteiger partial charge in [0.1, 0.15) is 17.6 Å². The lowest BCUT2D eigenvalue weighted by molar-refractivity contribution is -0.157. The zero-order valence-electron chi connectivity index (χ0n) is 26.5. The molecule has 1 aliphatic rings. The van der Waals surface area contributed by atoms with Crippen LogP contribution in [0.15, 0.2) is 48.5 Å². The van der Waals surface area contributed by atoms with Gasteiger partial charge in [0.15, 0.2) is 6.17 Å². The van der Waals surface area contributed by atoms with Gasteiger partial charge in [0, 0.05) is 0 Å². The number of carbonyl (C=O) groups is 2. The highest BCUT2D eigenvalue weighted by molar-refractivity contribution is 5.91. The van der Waals surface area contributed by atoms with Gasteiger partial charge >= 0.3 is 11.9 Å². The second-order valence-electron chi connectivity index (χ2n) is 12.1. The maximum Gasteiger partial charge on any atom is 0.343 e. The zero-order valence-corrected chi connectivity index (χ0v) is 26.5. The van der Waals surface area contributed by atoms with Gasteiger partial charge in [-0.1, -0.05) is 83.8 Å². The van der Waals surface area contributed by atoms with Gasteiger partial charge in [0.05, 0.1) is 12.2 Å². The average Bonchev–Trinajstić information content (AvgIpc) is 3.03. The average molecular weight is 597 g/mol. The van der Waals surface area contributed by atoms with Crippen LogP contribution in [0.4, 0.5) is 4.39 Å². The molecule has 0 N–H and O–H groups in total. The van der Waals surface area contributed by atoms with Crippen molar-refractivity contribution in [1.82, 2.24) is 0 Å². The Labute approximate surface area is 258 Å². The first-order chi connectivity index (χ1) is 21.0. The first kappa shape index (κ1) is 34.6. The van der Waals surface area contributed by atoms with Crippen LogP contribution >= 0.6 is 0 Å². The molecule has 0 aromatic heterocycles. The van der Waals surface area contributed by atoms with Crippen molar-refractivity contribution in [3.63, 3.8) is 0 Å². The van der Waals surface area contributed by atoms with Crippen LogP contribution in [0.5, 0.6) is 11.5 Å². The van der Waals surface area contributed by atoms with Crippen molar-refractivity contribution in [3.05, 3.63) is 59.7 Å². The molecular weight excluding hydrogens is 543 g/mol. The molecule has 2 aromatic rings. The van der Waals surface area contributed by atoms with E-state index in [9.17, 15) is 14.0 Å². The number of aryl methyl sites for hydroxylation is 1. The largest absolute Gasteiger partial charge is 0.494 e. The van der Waals surface area contributed by atoms with Crippen LogP contribution in [0.2, 0.25) is 0 Å². The van der Waals surface area contributed by atoms with Crippen LogP contribution in [0.3, 0.4) is 0 Å². The second-order valence-corrected chi connectivity index (χ2v) is 12.1. The van der Waals surface area contributed by atoms with Gasteiger partial charge in [-0.15, -0.1) is 0 Å². The van der Waals surface area contributed by atoms with Crippen molar-refractivity contribution in [3.8, 4) is 11.5 Å². The summed E-state index contributed by atoms with van der Waals surface area (Å²) in [5.74, 6) is 0.795. The lowest BCUT2D eigenvalue weighted by atomic mass is 9.83. The van der Waals surface area contributed by atoms with E-state index in [-0.39, 0.29) is 18.5 Å². The Morgan fingerprint density at radius 2 is 1.37 bits per heavy atom. The van der Waals surface area contributed by atoms with E-state index in [0.29, 0.717) is 30.3 Å². The molecule has 0 amide bonds. The summed E-state index contributed by atoms with van der Waals surface area (Å²) in [4.78, 5) is 24.6. The standard InChI is InChI=1S/C37H53FO5/c1-3-5-7-8-9-10-11-12-28-41-32-26-20-31(21-27-32)36(39)42-33-22-16-29(17-23-33)14-15-30-18-24-34(25-19-30)43-37(40)35(38)13-6-4-2/h16-17,20-23,26-27,30,34-35H,3-15,18-19,24-25,28H2,1-2H3/t30?,34?,35-/m0/s1. The molecule has 2 aromatic carbocycles. The summed E-state index contributed by atoms with van der Waals surface area (Å²) >= 11 is 0. The zero-order chi connectivity index (χ0) is 30.7. The summed E-state index contributed by atoms with van der Waals surface area (Å²) in [6, 6.07) is 14.9. The molecule has 6 heteroatoms. The normalized spacial score (nSPS) is 17.3. The third kappa shape index (κ3) is 13.5. The van der Waals surface area contributed by atoms with Crippen molar-refractivity contribution >= 4 is 11.9 Å². The number of benzene rings is 2. The Morgan fingerprint density at radius 1 is 0.767 bits per heavy atom. The van der Waals surface area contributed by atoms with E-state index in [4.69, 9.17) is 14.2 Å². The molecule has 1 atom stereocenters. The molecule has 0 radical (unpaired) electrons. The van der Waals surface area contributed by atoms with Gasteiger partial charge in [-0.3, -0.25) is 0 Å². The Kier molecular flexibility index (Phi) is 16.2. The van der Waals surface area contributed by atoms with E-state index < -0.39 is 12.1 Å². The van der Waals surface area contributed by atoms with Crippen molar-refractivity contribution in [2.75, 3.05) is 6.61 Å². The minimum absolute atomic E-state index is 0.152. The molecule has 238 valence electrons. The predicted octanol–water partition coefficient (Wildman–Crippen LogP) is 9.99. The number of unbranched alkanes of at least 4 members (excludes halogenated alkanes) is 8. The number of ether oxygens (including phenoxy) is 3. The number of alkyl halides is 1. The summed E-state index contributed by atoms with van der Waals surface area (Å²) in [7, 11) is 0. The molecule has 43 heavy (non-hydrogen) atoms. The Bertz CT molecular complexity index is 1040. The van der Waals surface area contributed by atoms with E-state index >= 15 is 0 Å². The fraction of sp³-hybridized carbons (Fsp3) is 0.622. The van der Waals surface area contributed by atoms with Crippen molar-refractivity contribution in [1.29, 1.82) is 0 Å². The van der Waals surface area contributed by atoms with E-state index in [1.54, 1.807) is 12.1 Å². The monoisotopic (exact) mass is 596 g/mol. The summed E-state index contributed by atoms with van der Waals surface area (Å²) in [5, 5.41) is 0. The van der Waals surface area contributed by atoms with Crippen LogP contribution in [0.25, 0.3) is 0 Å². The lowest BCUT2D eigenvalue weighted by Crippen LogP contribution is -2.29. The van der Waals surface area contributed by atoms with Gasteiger partial charge in [-0.2, -0.15) is 0 Å². The lowest BCUT2D eigenvalue weighted by Gasteiger charge is -2.28. The highest BCUT2D eigenvalue weighted by Crippen LogP contribution is 2.30.